The summed E-state index contributed by atoms with van der Waals surface area (Å²) < 4.78 is 43.8. The SMILES string of the molecule is CO[C@H](C)C(=O)Nc1ccc(N(C)C)cc1C(F)(F)F. The van der Waals surface area contributed by atoms with Gasteiger partial charge in [-0.1, -0.05) is 0 Å². The number of methoxy groups -OCH3 is 1. The number of anilines is 2. The normalized spacial score (nSPS) is 12.9. The van der Waals surface area contributed by atoms with Crippen molar-refractivity contribution in [2.45, 2.75) is 19.2 Å². The van der Waals surface area contributed by atoms with E-state index >= 15 is 0 Å². The van der Waals surface area contributed by atoms with Gasteiger partial charge in [0.15, 0.2) is 0 Å². The van der Waals surface area contributed by atoms with Crippen molar-refractivity contribution >= 4 is 17.3 Å². The highest BCUT2D eigenvalue weighted by Crippen LogP contribution is 2.37. The maximum absolute atomic E-state index is 13.0. The lowest BCUT2D eigenvalue weighted by molar-refractivity contribution is -0.137. The molecular weight excluding hydrogens is 273 g/mol. The molecule has 0 saturated heterocycles. The number of nitrogens with zero attached hydrogens (tertiary/aromatic N) is 1. The molecule has 0 unspecified atom stereocenters. The zero-order valence-electron chi connectivity index (χ0n) is 11.7. The Morgan fingerprint density at radius 1 is 1.35 bits per heavy atom. The molecule has 0 bridgehead atoms. The predicted octanol–water partition coefficient (Wildman–Crippen LogP) is 2.74. The van der Waals surface area contributed by atoms with Crippen LogP contribution in [0.15, 0.2) is 18.2 Å². The van der Waals surface area contributed by atoms with Crippen molar-refractivity contribution in [1.82, 2.24) is 0 Å². The second kappa shape index (κ2) is 6.13. The Hall–Kier alpha value is -1.76. The van der Waals surface area contributed by atoms with Crippen molar-refractivity contribution in [1.29, 1.82) is 0 Å². The summed E-state index contributed by atoms with van der Waals surface area (Å²) in [4.78, 5) is 13.2. The van der Waals surface area contributed by atoms with Crippen molar-refractivity contribution in [3.8, 4) is 0 Å². The third-order valence-electron chi connectivity index (χ3n) is 2.81. The Morgan fingerprint density at radius 3 is 2.40 bits per heavy atom. The molecule has 0 spiro atoms. The van der Waals surface area contributed by atoms with E-state index in [9.17, 15) is 18.0 Å². The van der Waals surface area contributed by atoms with Crippen molar-refractivity contribution in [3.05, 3.63) is 23.8 Å². The number of ether oxygens (including phenoxy) is 1. The third kappa shape index (κ3) is 3.86. The van der Waals surface area contributed by atoms with E-state index in [0.717, 1.165) is 6.07 Å². The molecule has 0 aliphatic rings. The lowest BCUT2D eigenvalue weighted by atomic mass is 10.1. The third-order valence-corrected chi connectivity index (χ3v) is 2.81. The molecule has 1 rings (SSSR count). The van der Waals surface area contributed by atoms with Crippen LogP contribution in [0.3, 0.4) is 0 Å². The summed E-state index contributed by atoms with van der Waals surface area (Å²) in [5.41, 5.74) is -0.771. The van der Waals surface area contributed by atoms with Gasteiger partial charge in [0.2, 0.25) is 0 Å². The Kier molecular flexibility index (Phi) is 4.99. The quantitative estimate of drug-likeness (QED) is 0.927. The number of hydrogen-bond donors (Lipinski definition) is 1. The number of halogens is 3. The Bertz CT molecular complexity index is 487. The van der Waals surface area contributed by atoms with Crippen LogP contribution in [-0.4, -0.2) is 33.2 Å². The highest BCUT2D eigenvalue weighted by atomic mass is 19.4. The van der Waals surface area contributed by atoms with Crippen LogP contribution in [-0.2, 0) is 15.7 Å². The Balaban J connectivity index is 3.16. The molecule has 0 fully saturated rings. The van der Waals surface area contributed by atoms with Crippen LogP contribution in [0.5, 0.6) is 0 Å². The second-order valence-corrected chi connectivity index (χ2v) is 4.49. The van der Waals surface area contributed by atoms with Gasteiger partial charge in [-0.15, -0.1) is 0 Å². The van der Waals surface area contributed by atoms with E-state index in [4.69, 9.17) is 4.74 Å². The van der Waals surface area contributed by atoms with Gasteiger partial charge in [0.05, 0.1) is 11.3 Å². The van der Waals surface area contributed by atoms with E-state index in [1.165, 1.54) is 26.2 Å². The number of rotatable bonds is 4. The van der Waals surface area contributed by atoms with E-state index in [0.29, 0.717) is 5.69 Å². The highest BCUT2D eigenvalue weighted by Gasteiger charge is 2.34. The van der Waals surface area contributed by atoms with Crippen LogP contribution in [0.1, 0.15) is 12.5 Å². The first-order chi connectivity index (χ1) is 9.16. The topological polar surface area (TPSA) is 41.6 Å². The molecule has 1 aromatic rings. The van der Waals surface area contributed by atoms with Gasteiger partial charge in [-0.2, -0.15) is 13.2 Å². The second-order valence-electron chi connectivity index (χ2n) is 4.49. The first-order valence-corrected chi connectivity index (χ1v) is 5.89. The van der Waals surface area contributed by atoms with Gasteiger partial charge in [-0.3, -0.25) is 4.79 Å². The standard InChI is InChI=1S/C13H17F3N2O2/c1-8(20-4)12(19)17-11-6-5-9(18(2)3)7-10(11)13(14,15)16/h5-8H,1-4H3,(H,17,19)/t8-/m1/s1. The summed E-state index contributed by atoms with van der Waals surface area (Å²) in [7, 11) is 4.59. The van der Waals surface area contributed by atoms with E-state index in [1.54, 1.807) is 19.0 Å². The molecule has 0 aromatic heterocycles. The molecule has 20 heavy (non-hydrogen) atoms. The van der Waals surface area contributed by atoms with Gasteiger partial charge in [0.1, 0.15) is 6.10 Å². The van der Waals surface area contributed by atoms with Crippen LogP contribution < -0.4 is 10.2 Å². The molecular formula is C13H17F3N2O2. The molecule has 112 valence electrons. The van der Waals surface area contributed by atoms with Gasteiger partial charge in [-0.25, -0.2) is 0 Å². The van der Waals surface area contributed by atoms with Crippen molar-refractivity contribution in [2.24, 2.45) is 0 Å². The molecule has 0 radical (unpaired) electrons. The maximum atomic E-state index is 13.0. The lowest BCUT2D eigenvalue weighted by Gasteiger charge is -2.19. The van der Waals surface area contributed by atoms with Gasteiger partial charge in [0.25, 0.3) is 5.91 Å². The number of carbonyl (C=O) groups is 1. The van der Waals surface area contributed by atoms with Crippen LogP contribution >= 0.6 is 0 Å². The van der Waals surface area contributed by atoms with E-state index < -0.39 is 23.8 Å². The average molecular weight is 290 g/mol. The average Bonchev–Trinajstić information content (AvgIpc) is 2.36. The minimum Gasteiger partial charge on any atom is -0.378 e. The fourth-order valence-electron chi connectivity index (χ4n) is 1.50. The van der Waals surface area contributed by atoms with E-state index in [1.807, 2.05) is 0 Å². The number of hydrogen-bond acceptors (Lipinski definition) is 3. The number of nitrogens with one attached hydrogen (secondary N) is 1. The molecule has 4 nitrogen and oxygen atoms in total. The van der Waals surface area contributed by atoms with Crippen molar-refractivity contribution < 1.29 is 22.7 Å². The highest BCUT2D eigenvalue weighted by molar-refractivity contribution is 5.94. The summed E-state index contributed by atoms with van der Waals surface area (Å²) in [5, 5.41) is 2.23. The molecule has 0 heterocycles. The van der Waals surface area contributed by atoms with E-state index in [-0.39, 0.29) is 5.69 Å². The molecule has 1 amide bonds. The summed E-state index contributed by atoms with van der Waals surface area (Å²) >= 11 is 0. The smallest absolute Gasteiger partial charge is 0.378 e. The number of amides is 1. The first-order valence-electron chi connectivity index (χ1n) is 5.89. The Labute approximate surface area is 115 Å². The fourth-order valence-corrected chi connectivity index (χ4v) is 1.50. The molecule has 0 saturated carbocycles. The monoisotopic (exact) mass is 290 g/mol. The lowest BCUT2D eigenvalue weighted by Crippen LogP contribution is -2.28. The number of carbonyl (C=O) groups excluding carboxylic acids is 1. The molecule has 0 aliphatic heterocycles. The molecule has 7 heteroatoms. The molecule has 1 atom stereocenters. The number of alkyl halides is 3. The summed E-state index contributed by atoms with van der Waals surface area (Å²) in [6.07, 6.45) is -5.38. The van der Waals surface area contributed by atoms with Gasteiger partial charge in [-0.05, 0) is 25.1 Å². The van der Waals surface area contributed by atoms with Gasteiger partial charge in [0, 0.05) is 26.9 Å². The van der Waals surface area contributed by atoms with Gasteiger partial charge < -0.3 is 15.0 Å². The summed E-state index contributed by atoms with van der Waals surface area (Å²) in [6.45, 7) is 1.46. The van der Waals surface area contributed by atoms with Crippen LogP contribution in [0, 0.1) is 0 Å². The zero-order chi connectivity index (χ0) is 15.5. The Morgan fingerprint density at radius 2 is 1.95 bits per heavy atom. The molecule has 1 N–H and O–H groups in total. The maximum Gasteiger partial charge on any atom is 0.418 e. The minimum absolute atomic E-state index is 0.281. The zero-order valence-corrected chi connectivity index (χ0v) is 11.7. The summed E-state index contributed by atoms with van der Waals surface area (Å²) in [5.74, 6) is -0.629. The first kappa shape index (κ1) is 16.3. The number of benzene rings is 1. The van der Waals surface area contributed by atoms with Gasteiger partial charge >= 0.3 is 6.18 Å². The van der Waals surface area contributed by atoms with Crippen LogP contribution in [0.4, 0.5) is 24.5 Å². The fraction of sp³-hybridized carbons (Fsp3) is 0.462. The van der Waals surface area contributed by atoms with E-state index in [2.05, 4.69) is 5.32 Å². The minimum atomic E-state index is -4.55. The van der Waals surface area contributed by atoms with Crippen LogP contribution in [0.2, 0.25) is 0 Å². The van der Waals surface area contributed by atoms with Crippen molar-refractivity contribution in [2.75, 3.05) is 31.4 Å². The molecule has 0 aliphatic carbocycles. The summed E-state index contributed by atoms with van der Waals surface area (Å²) in [6, 6.07) is 3.73. The molecule has 1 aromatic carbocycles. The van der Waals surface area contributed by atoms with Crippen LogP contribution in [0.25, 0.3) is 0 Å². The predicted molar refractivity (Wildman–Crippen MR) is 70.9 cm³/mol. The van der Waals surface area contributed by atoms with Crippen molar-refractivity contribution in [3.63, 3.8) is 0 Å². The largest absolute Gasteiger partial charge is 0.418 e.